The molecule has 0 spiro atoms. The molecule has 41 heavy (non-hydrogen) atoms. The van der Waals surface area contributed by atoms with Crippen molar-refractivity contribution >= 4 is 33.5 Å². The van der Waals surface area contributed by atoms with Gasteiger partial charge in [-0.15, -0.1) is 0 Å². The van der Waals surface area contributed by atoms with Crippen LogP contribution in [-0.2, 0) is 0 Å². The van der Waals surface area contributed by atoms with Crippen LogP contribution in [0.2, 0.25) is 0 Å². The monoisotopic (exact) mass is 535 g/mol. The Morgan fingerprint density at radius 3 is 1.88 bits per heavy atom. The van der Waals surface area contributed by atoms with Crippen molar-refractivity contribution in [2.45, 2.75) is 13.8 Å². The second-order valence-electron chi connectivity index (χ2n) is 9.87. The SMILES string of the molecule is Cc1cccc(C2=NCC=C2c2ccc(O)cc2)n1.Cc1cccc(C2=NCC=C2c2ccnc3ccccc23)n1. The summed E-state index contributed by atoms with van der Waals surface area (Å²) in [5.74, 6) is 0.273. The molecular weight excluding hydrogens is 506 g/mol. The summed E-state index contributed by atoms with van der Waals surface area (Å²) in [4.78, 5) is 22.8. The van der Waals surface area contributed by atoms with Crippen molar-refractivity contribution in [2.75, 3.05) is 13.1 Å². The molecule has 0 amide bonds. The molecule has 6 heteroatoms. The largest absolute Gasteiger partial charge is 0.508 e. The molecule has 0 atom stereocenters. The molecule has 3 aromatic heterocycles. The molecule has 0 radical (unpaired) electrons. The summed E-state index contributed by atoms with van der Waals surface area (Å²) in [6, 6.07) is 29.4. The van der Waals surface area contributed by atoms with Crippen molar-refractivity contribution in [3.05, 3.63) is 143 Å². The van der Waals surface area contributed by atoms with Crippen molar-refractivity contribution in [1.29, 1.82) is 0 Å². The van der Waals surface area contributed by atoms with E-state index >= 15 is 0 Å². The van der Waals surface area contributed by atoms with Crippen LogP contribution in [0.4, 0.5) is 0 Å². The number of fused-ring (bicyclic) bond motifs is 1. The number of benzene rings is 2. The number of hydrogen-bond acceptors (Lipinski definition) is 6. The zero-order chi connectivity index (χ0) is 28.2. The minimum Gasteiger partial charge on any atom is -0.508 e. The van der Waals surface area contributed by atoms with E-state index in [0.717, 1.165) is 61.8 Å². The third kappa shape index (κ3) is 5.58. The Morgan fingerprint density at radius 1 is 0.610 bits per heavy atom. The van der Waals surface area contributed by atoms with Crippen LogP contribution >= 0.6 is 0 Å². The minimum atomic E-state index is 0.273. The van der Waals surface area contributed by atoms with Crippen molar-refractivity contribution < 1.29 is 5.11 Å². The second-order valence-corrected chi connectivity index (χ2v) is 9.87. The first kappa shape index (κ1) is 26.0. The highest BCUT2D eigenvalue weighted by molar-refractivity contribution is 6.34. The molecule has 2 aromatic carbocycles. The summed E-state index contributed by atoms with van der Waals surface area (Å²) in [7, 11) is 0. The van der Waals surface area contributed by atoms with E-state index in [-0.39, 0.29) is 5.75 Å². The van der Waals surface area contributed by atoms with Gasteiger partial charge in [0.1, 0.15) is 5.75 Å². The van der Waals surface area contributed by atoms with E-state index in [1.54, 1.807) is 12.1 Å². The number of allylic oxidation sites excluding steroid dienone is 2. The van der Waals surface area contributed by atoms with E-state index in [4.69, 9.17) is 0 Å². The lowest BCUT2D eigenvalue weighted by Gasteiger charge is -2.10. The Balaban J connectivity index is 0.000000149. The van der Waals surface area contributed by atoms with Crippen LogP contribution < -0.4 is 0 Å². The standard InChI is InChI=1S/C19H15N3.C16H14N2O/c1-13-5-4-8-18(22-13)19-16(10-12-21-19)14-9-11-20-17-7-3-2-6-15(14)17;1-11-3-2-4-15(18-11)16-14(9-10-17-16)12-5-7-13(19)8-6-12/h2-11H,12H2,1H3;2-9,19H,10H2,1H3. The fraction of sp³-hybridized carbons (Fsp3) is 0.114. The molecule has 2 aliphatic heterocycles. The van der Waals surface area contributed by atoms with E-state index in [1.807, 2.05) is 86.8 Å². The smallest absolute Gasteiger partial charge is 0.115 e. The van der Waals surface area contributed by atoms with E-state index in [2.05, 4.69) is 49.2 Å². The summed E-state index contributed by atoms with van der Waals surface area (Å²) in [6.45, 7) is 5.37. The summed E-state index contributed by atoms with van der Waals surface area (Å²) < 4.78 is 0. The van der Waals surface area contributed by atoms with E-state index in [9.17, 15) is 5.11 Å². The van der Waals surface area contributed by atoms with Crippen LogP contribution in [0.15, 0.2) is 119 Å². The van der Waals surface area contributed by atoms with Gasteiger partial charge < -0.3 is 5.11 Å². The summed E-state index contributed by atoms with van der Waals surface area (Å²) in [5.41, 5.74) is 11.2. The molecule has 5 aromatic rings. The zero-order valence-electron chi connectivity index (χ0n) is 23.0. The summed E-state index contributed by atoms with van der Waals surface area (Å²) in [5, 5.41) is 10.5. The lowest BCUT2D eigenvalue weighted by atomic mass is 9.96. The molecule has 2 aliphatic rings. The fourth-order valence-corrected chi connectivity index (χ4v) is 5.07. The van der Waals surface area contributed by atoms with Gasteiger partial charge in [0.05, 0.1) is 41.4 Å². The average Bonchev–Trinajstić information content (AvgIpc) is 3.68. The highest BCUT2D eigenvalue weighted by Gasteiger charge is 2.19. The number of pyridine rings is 3. The van der Waals surface area contributed by atoms with Crippen LogP contribution in [0.3, 0.4) is 0 Å². The number of aliphatic imine (C=N–C) groups is 2. The summed E-state index contributed by atoms with van der Waals surface area (Å²) in [6.07, 6.45) is 6.12. The van der Waals surface area contributed by atoms with Crippen molar-refractivity contribution in [3.63, 3.8) is 0 Å². The topological polar surface area (TPSA) is 83.6 Å². The lowest BCUT2D eigenvalue weighted by Crippen LogP contribution is -2.05. The summed E-state index contributed by atoms with van der Waals surface area (Å²) >= 11 is 0. The molecular formula is C35H29N5O. The van der Waals surface area contributed by atoms with Gasteiger partial charge in [0.25, 0.3) is 0 Å². The van der Waals surface area contributed by atoms with Gasteiger partial charge in [0.15, 0.2) is 0 Å². The van der Waals surface area contributed by atoms with Gasteiger partial charge in [-0.05, 0) is 73.5 Å². The Hall–Kier alpha value is -5.23. The van der Waals surface area contributed by atoms with Crippen LogP contribution in [0, 0.1) is 13.8 Å². The maximum Gasteiger partial charge on any atom is 0.115 e. The normalized spacial score (nSPS) is 14.1. The van der Waals surface area contributed by atoms with Gasteiger partial charge in [-0.2, -0.15) is 0 Å². The molecule has 0 saturated carbocycles. The van der Waals surface area contributed by atoms with Gasteiger partial charge in [-0.3, -0.25) is 24.9 Å². The number of aromatic nitrogens is 3. The minimum absolute atomic E-state index is 0.273. The van der Waals surface area contributed by atoms with Crippen molar-refractivity contribution in [2.24, 2.45) is 9.98 Å². The van der Waals surface area contributed by atoms with Crippen LogP contribution in [-0.4, -0.2) is 44.6 Å². The molecule has 6 nitrogen and oxygen atoms in total. The van der Waals surface area contributed by atoms with Crippen LogP contribution in [0.25, 0.3) is 22.0 Å². The Kier molecular flexibility index (Phi) is 7.28. The highest BCUT2D eigenvalue weighted by atomic mass is 16.3. The predicted octanol–water partition coefficient (Wildman–Crippen LogP) is 6.81. The quantitative estimate of drug-likeness (QED) is 0.274. The van der Waals surface area contributed by atoms with Gasteiger partial charge in [0.2, 0.25) is 0 Å². The molecule has 0 bridgehead atoms. The van der Waals surface area contributed by atoms with Crippen LogP contribution in [0.5, 0.6) is 5.75 Å². The fourth-order valence-electron chi connectivity index (χ4n) is 5.07. The molecule has 0 unspecified atom stereocenters. The van der Waals surface area contributed by atoms with Gasteiger partial charge in [0, 0.05) is 34.1 Å². The maximum absolute atomic E-state index is 9.36. The molecule has 5 heterocycles. The average molecular weight is 536 g/mol. The number of rotatable bonds is 4. The van der Waals surface area contributed by atoms with Crippen molar-refractivity contribution in [1.82, 2.24) is 15.0 Å². The third-order valence-corrected chi connectivity index (χ3v) is 6.98. The lowest BCUT2D eigenvalue weighted by molar-refractivity contribution is 0.475. The zero-order valence-corrected chi connectivity index (χ0v) is 23.0. The van der Waals surface area contributed by atoms with Gasteiger partial charge in [-0.25, -0.2) is 0 Å². The molecule has 0 aliphatic carbocycles. The molecule has 7 rings (SSSR count). The number of para-hydroxylation sites is 1. The first-order valence-corrected chi connectivity index (χ1v) is 13.6. The number of aromatic hydroxyl groups is 1. The van der Waals surface area contributed by atoms with E-state index < -0.39 is 0 Å². The van der Waals surface area contributed by atoms with Gasteiger partial charge >= 0.3 is 0 Å². The number of aryl methyl sites for hydroxylation is 2. The van der Waals surface area contributed by atoms with E-state index in [1.165, 1.54) is 5.56 Å². The maximum atomic E-state index is 9.36. The first-order chi connectivity index (χ1) is 20.1. The molecule has 200 valence electrons. The second kappa shape index (κ2) is 11.5. The highest BCUT2D eigenvalue weighted by Crippen LogP contribution is 2.29. The van der Waals surface area contributed by atoms with E-state index in [0.29, 0.717) is 13.1 Å². The Morgan fingerprint density at radius 2 is 1.22 bits per heavy atom. The Labute approximate surface area is 239 Å². The number of hydrogen-bond donors (Lipinski definition) is 1. The number of phenolic OH excluding ortho intramolecular Hbond substituents is 1. The number of phenols is 1. The molecule has 0 saturated heterocycles. The number of nitrogens with zero attached hydrogens (tertiary/aromatic N) is 5. The van der Waals surface area contributed by atoms with Crippen molar-refractivity contribution in [3.8, 4) is 5.75 Å². The Bertz CT molecular complexity index is 1860. The molecule has 1 N–H and O–H groups in total. The van der Waals surface area contributed by atoms with Gasteiger partial charge in [-0.1, -0.05) is 54.6 Å². The first-order valence-electron chi connectivity index (χ1n) is 13.6. The predicted molar refractivity (Wildman–Crippen MR) is 167 cm³/mol. The molecule has 0 fully saturated rings. The van der Waals surface area contributed by atoms with Crippen LogP contribution in [0.1, 0.15) is 33.9 Å². The third-order valence-electron chi connectivity index (χ3n) is 6.98.